The predicted molar refractivity (Wildman–Crippen MR) is 425 cm³/mol. The molecule has 0 bridgehead atoms. The molecule has 18 aromatic rings. The van der Waals surface area contributed by atoms with Crippen molar-refractivity contribution >= 4 is 111 Å². The van der Waals surface area contributed by atoms with E-state index < -0.39 is 0 Å². The van der Waals surface area contributed by atoms with E-state index >= 15 is 0 Å². The molecule has 0 aliphatic carbocycles. The fourth-order valence-electron chi connectivity index (χ4n) is 14.9. The van der Waals surface area contributed by atoms with Crippen molar-refractivity contribution in [1.82, 2.24) is 9.13 Å². The molecule has 2 heterocycles. The predicted octanol–water partition coefficient (Wildman–Crippen LogP) is 26.3. The van der Waals surface area contributed by atoms with Gasteiger partial charge in [0, 0.05) is 72.4 Å². The number of aromatic nitrogens is 2. The zero-order valence-electron chi connectivity index (χ0n) is 54.8. The minimum absolute atomic E-state index is 1.07. The van der Waals surface area contributed by atoms with Crippen LogP contribution in [0.3, 0.4) is 0 Å². The fraction of sp³-hybridized carbons (Fsp3) is 0. The Hall–Kier alpha value is -13.5. The first-order valence-electron chi connectivity index (χ1n) is 34.0. The van der Waals surface area contributed by atoms with E-state index in [1.165, 1.54) is 60.1 Å². The Morgan fingerprint density at radius 1 is 0.240 bits per heavy atom. The Morgan fingerprint density at radius 3 is 1.02 bits per heavy atom. The van der Waals surface area contributed by atoms with Crippen LogP contribution in [0.15, 0.2) is 365 Å². The second-order valence-electron chi connectivity index (χ2n) is 25.6. The summed E-state index contributed by atoms with van der Waals surface area (Å²) in [4.78, 5) is 4.63. The molecule has 0 aliphatic heterocycles. The van der Waals surface area contributed by atoms with Crippen LogP contribution in [-0.2, 0) is 0 Å². The summed E-state index contributed by atoms with van der Waals surface area (Å²) in [7, 11) is 0. The maximum Gasteiger partial charge on any atom is 0.0547 e. The molecule has 4 heteroatoms. The van der Waals surface area contributed by atoms with E-state index in [4.69, 9.17) is 0 Å². The van der Waals surface area contributed by atoms with Gasteiger partial charge >= 0.3 is 0 Å². The molecule has 4 nitrogen and oxygen atoms in total. The summed E-state index contributed by atoms with van der Waals surface area (Å²) < 4.78 is 4.86. The highest BCUT2D eigenvalue weighted by Gasteiger charge is 2.22. The minimum atomic E-state index is 1.07. The minimum Gasteiger partial charge on any atom is -0.310 e. The Balaban J connectivity index is 0.673. The molecule has 0 N–H and O–H groups in total. The molecular weight excluding hydrogens is 1210 g/mol. The summed E-state index contributed by atoms with van der Waals surface area (Å²) in [5.74, 6) is 0. The van der Waals surface area contributed by atoms with Crippen molar-refractivity contribution in [2.75, 3.05) is 9.80 Å². The normalized spacial score (nSPS) is 11.4. The summed E-state index contributed by atoms with van der Waals surface area (Å²) >= 11 is 0. The second-order valence-corrected chi connectivity index (χ2v) is 25.6. The van der Waals surface area contributed by atoms with Gasteiger partial charge in [-0.05, 0) is 229 Å². The van der Waals surface area contributed by atoms with Gasteiger partial charge in [-0.25, -0.2) is 0 Å². The number of benzene rings is 15. The smallest absolute Gasteiger partial charge is 0.0547 e. The van der Waals surface area contributed by atoms with Crippen LogP contribution in [0.5, 0.6) is 0 Å². The van der Waals surface area contributed by atoms with E-state index in [-0.39, 0.29) is 0 Å². The first-order valence-corrected chi connectivity index (χ1v) is 34.0. The van der Waals surface area contributed by atoms with Gasteiger partial charge in [0.1, 0.15) is 0 Å². The third-order valence-electron chi connectivity index (χ3n) is 19.9. The van der Waals surface area contributed by atoms with E-state index in [9.17, 15) is 0 Å². The van der Waals surface area contributed by atoms with E-state index in [1.807, 2.05) is 18.2 Å². The molecule has 18 rings (SSSR count). The van der Waals surface area contributed by atoms with Crippen molar-refractivity contribution in [1.29, 1.82) is 0 Å². The average Bonchev–Trinajstić information content (AvgIpc) is 1.57. The fourth-order valence-corrected chi connectivity index (χ4v) is 14.9. The van der Waals surface area contributed by atoms with Gasteiger partial charge in [-0.2, -0.15) is 0 Å². The zero-order chi connectivity index (χ0) is 66.6. The Kier molecular flexibility index (Phi) is 14.7. The molecule has 0 unspecified atom stereocenters. The quantitative estimate of drug-likeness (QED) is 0.102. The van der Waals surface area contributed by atoms with Crippen LogP contribution in [0.25, 0.3) is 144 Å². The molecule has 0 saturated carbocycles. The lowest BCUT2D eigenvalue weighted by atomic mass is 9.98. The second kappa shape index (κ2) is 24.9. The van der Waals surface area contributed by atoms with Crippen molar-refractivity contribution in [3.63, 3.8) is 0 Å². The van der Waals surface area contributed by atoms with Crippen LogP contribution in [-0.4, -0.2) is 9.13 Å². The molecule has 2 aromatic heterocycles. The zero-order valence-corrected chi connectivity index (χ0v) is 54.8. The van der Waals surface area contributed by atoms with E-state index in [0.717, 1.165) is 117 Å². The molecule has 0 aliphatic rings. The highest BCUT2D eigenvalue weighted by Crippen LogP contribution is 2.45. The lowest BCUT2D eigenvalue weighted by Gasteiger charge is -2.26. The van der Waals surface area contributed by atoms with Crippen LogP contribution < -0.4 is 9.80 Å². The van der Waals surface area contributed by atoms with Gasteiger partial charge in [0.2, 0.25) is 0 Å². The average molecular weight is 1270 g/mol. The third-order valence-corrected chi connectivity index (χ3v) is 19.9. The summed E-state index contributed by atoms with van der Waals surface area (Å²) in [6.45, 7) is 8.16. The first kappa shape index (κ1) is 59.1. The molecule has 16 aromatic carbocycles. The van der Waals surface area contributed by atoms with E-state index in [2.05, 4.69) is 390 Å². The highest BCUT2D eigenvalue weighted by molar-refractivity contribution is 6.24. The number of fused-ring (bicyclic) bond motifs is 10. The number of anilines is 6. The Labute approximate surface area is 582 Å². The Morgan fingerprint density at radius 2 is 0.590 bits per heavy atom. The molecule has 468 valence electrons. The van der Waals surface area contributed by atoms with E-state index in [0.29, 0.717) is 0 Å². The highest BCUT2D eigenvalue weighted by atomic mass is 15.1. The first-order chi connectivity index (χ1) is 49.5. The number of hydrogen-bond acceptors (Lipinski definition) is 2. The third kappa shape index (κ3) is 10.5. The Bertz CT molecular complexity index is 5740. The maximum absolute atomic E-state index is 4.08. The van der Waals surface area contributed by atoms with Crippen LogP contribution in [0.4, 0.5) is 34.1 Å². The molecule has 0 atom stereocenters. The summed E-state index contributed by atoms with van der Waals surface area (Å²) in [5, 5.41) is 9.55. The van der Waals surface area contributed by atoms with Gasteiger partial charge in [-0.15, -0.1) is 0 Å². The summed E-state index contributed by atoms with van der Waals surface area (Å²) in [6, 6.07) is 134. The van der Waals surface area contributed by atoms with Crippen molar-refractivity contribution < 1.29 is 0 Å². The number of rotatable bonds is 15. The van der Waals surface area contributed by atoms with Crippen molar-refractivity contribution in [2.45, 2.75) is 0 Å². The lowest BCUT2D eigenvalue weighted by molar-refractivity contribution is 1.18. The summed E-state index contributed by atoms with van der Waals surface area (Å²) in [5.41, 5.74) is 27.0. The molecule has 0 fully saturated rings. The van der Waals surface area contributed by atoms with Gasteiger partial charge < -0.3 is 18.9 Å². The summed E-state index contributed by atoms with van der Waals surface area (Å²) in [6.07, 6.45) is 3.81. The van der Waals surface area contributed by atoms with Gasteiger partial charge in [-0.1, -0.05) is 244 Å². The van der Waals surface area contributed by atoms with Crippen molar-refractivity contribution in [3.8, 4) is 67.0 Å². The molecular formula is C96H64N4. The number of hydrogen-bond donors (Lipinski definition) is 0. The molecule has 100 heavy (non-hydrogen) atoms. The van der Waals surface area contributed by atoms with Gasteiger partial charge in [0.25, 0.3) is 0 Å². The monoisotopic (exact) mass is 1270 g/mol. The molecule has 0 radical (unpaired) electrons. The standard InChI is InChI=1S/C96H64N4/c1-3-65-17-15-25-85(61-65)97(79-45-29-69(30-46-79)67-19-7-5-8-20-67)81-49-33-71(34-50-81)73-37-53-83(54-38-73)99-91-57-43-77(63-89(91)95-87-27-13-11-23-75(87)41-59-93(95)99)78-44-58-92-90(64-78)96-88-28-14-12-24-76(88)42-60-94(96)100(92)84-55-39-74(40-56-84)72-35-51-82(52-36-72)98(86-26-16-18-66(4-2)62-86)80-47-31-70(32-48-80)68-21-9-6-10-22-68/h3-11,13,15-64H,1-2H2. The molecule has 0 amide bonds. The topological polar surface area (TPSA) is 16.3 Å². The van der Waals surface area contributed by atoms with Crippen LogP contribution in [0.2, 0.25) is 0 Å². The van der Waals surface area contributed by atoms with Crippen molar-refractivity contribution in [3.05, 3.63) is 388 Å². The largest absolute Gasteiger partial charge is 0.310 e. The van der Waals surface area contributed by atoms with Gasteiger partial charge in [0.15, 0.2) is 0 Å². The van der Waals surface area contributed by atoms with Gasteiger partial charge in [-0.3, -0.25) is 0 Å². The SMILES string of the molecule is C=Cc1cccc(N(c2ccc(-c3ccccc3)cc2)c2ccc(-c3ccc(-n4c5ccc(-c6ccc7c(c6)c6c8ccccc8ccc6n7-c6ccc(-c7ccc(N(c8ccc(-c9ccccc9)cc8)c8cccc(C=C)c8)cc7)cc6)cc5c5c6cc#ccc6ccc54)cc3)cc2)c1. The van der Waals surface area contributed by atoms with Crippen LogP contribution in [0.1, 0.15) is 11.1 Å². The lowest BCUT2D eigenvalue weighted by Crippen LogP contribution is -2.10. The maximum atomic E-state index is 4.08. The van der Waals surface area contributed by atoms with E-state index in [1.54, 1.807) is 0 Å². The van der Waals surface area contributed by atoms with Crippen LogP contribution >= 0.6 is 0 Å². The molecule has 0 saturated heterocycles. The number of nitrogens with zero attached hydrogens (tertiary/aromatic N) is 4. The molecule has 0 spiro atoms. The van der Waals surface area contributed by atoms with Gasteiger partial charge in [0.05, 0.1) is 22.1 Å². The van der Waals surface area contributed by atoms with Crippen molar-refractivity contribution in [2.24, 2.45) is 0 Å². The van der Waals surface area contributed by atoms with Crippen LogP contribution in [0, 0.1) is 12.1 Å².